The summed E-state index contributed by atoms with van der Waals surface area (Å²) < 4.78 is 16.0. The molecule has 3 aromatic rings. The van der Waals surface area contributed by atoms with Crippen molar-refractivity contribution >= 4 is 23.3 Å². The number of anilines is 2. The van der Waals surface area contributed by atoms with Crippen molar-refractivity contribution < 1.29 is 34.0 Å². The average Bonchev–Trinajstić information content (AvgIpc) is 2.88. The molecule has 4 rings (SSSR count). The number of aromatic hydroxyl groups is 1. The molecule has 3 N–H and O–H groups in total. The van der Waals surface area contributed by atoms with Gasteiger partial charge in [0.1, 0.15) is 5.75 Å². The van der Waals surface area contributed by atoms with Crippen molar-refractivity contribution in [3.05, 3.63) is 65.7 Å². The number of carboxylic acid groups (broad SMARTS) is 1. The smallest absolute Gasteiger partial charge is 0.337 e. The van der Waals surface area contributed by atoms with Gasteiger partial charge in [-0.25, -0.2) is 4.79 Å². The number of carbonyl (C=O) groups excluding carboxylic acids is 1. The number of hydrogen-bond acceptors (Lipinski definition) is 7. The van der Waals surface area contributed by atoms with Gasteiger partial charge in [0.05, 0.1) is 44.2 Å². The maximum absolute atomic E-state index is 13.1. The van der Waals surface area contributed by atoms with E-state index in [-0.39, 0.29) is 22.6 Å². The number of methoxy groups -OCH3 is 2. The Morgan fingerprint density at radius 1 is 0.886 bits per heavy atom. The molecule has 35 heavy (non-hydrogen) atoms. The fourth-order valence-electron chi connectivity index (χ4n) is 3.94. The summed E-state index contributed by atoms with van der Waals surface area (Å²) in [5.74, 6) is -0.937. The van der Waals surface area contributed by atoms with Crippen LogP contribution in [-0.4, -0.2) is 62.6 Å². The zero-order valence-electron chi connectivity index (χ0n) is 19.4. The number of phenolic OH excluding ortho intramolecular Hbond substituents is 1. The third-order valence-corrected chi connectivity index (χ3v) is 5.82. The Morgan fingerprint density at radius 3 is 2.26 bits per heavy atom. The number of phenols is 1. The zero-order chi connectivity index (χ0) is 24.9. The molecular weight excluding hydrogens is 452 g/mol. The first-order valence-corrected chi connectivity index (χ1v) is 11.0. The molecule has 1 heterocycles. The minimum Gasteiger partial charge on any atom is -0.507 e. The number of hydrogen-bond donors (Lipinski definition) is 3. The van der Waals surface area contributed by atoms with E-state index in [0.29, 0.717) is 43.4 Å². The summed E-state index contributed by atoms with van der Waals surface area (Å²) >= 11 is 0. The molecule has 3 aromatic carbocycles. The number of rotatable bonds is 7. The Bertz CT molecular complexity index is 1250. The lowest BCUT2D eigenvalue weighted by atomic mass is 10.0. The fourth-order valence-corrected chi connectivity index (χ4v) is 3.94. The summed E-state index contributed by atoms with van der Waals surface area (Å²) in [6, 6.07) is 14.7. The molecule has 9 nitrogen and oxygen atoms in total. The number of benzene rings is 3. The van der Waals surface area contributed by atoms with E-state index in [2.05, 4.69) is 10.2 Å². The maximum Gasteiger partial charge on any atom is 0.337 e. The van der Waals surface area contributed by atoms with Crippen LogP contribution in [0.1, 0.15) is 20.7 Å². The highest BCUT2D eigenvalue weighted by molar-refractivity contribution is 6.10. The molecule has 182 valence electrons. The summed E-state index contributed by atoms with van der Waals surface area (Å²) in [4.78, 5) is 27.0. The molecule has 1 aliphatic rings. The molecule has 1 fully saturated rings. The Balaban J connectivity index is 1.67. The van der Waals surface area contributed by atoms with Crippen molar-refractivity contribution in [1.82, 2.24) is 0 Å². The van der Waals surface area contributed by atoms with Gasteiger partial charge >= 0.3 is 5.97 Å². The van der Waals surface area contributed by atoms with E-state index in [1.165, 1.54) is 26.4 Å². The molecule has 0 radical (unpaired) electrons. The molecule has 0 aliphatic carbocycles. The summed E-state index contributed by atoms with van der Waals surface area (Å²) in [6.07, 6.45) is 0. The van der Waals surface area contributed by atoms with Crippen molar-refractivity contribution in [2.75, 3.05) is 50.7 Å². The fraction of sp³-hybridized carbons (Fsp3) is 0.231. The monoisotopic (exact) mass is 478 g/mol. The number of morpholine rings is 1. The van der Waals surface area contributed by atoms with Crippen LogP contribution in [0.15, 0.2) is 54.6 Å². The van der Waals surface area contributed by atoms with Gasteiger partial charge in [-0.3, -0.25) is 4.79 Å². The lowest BCUT2D eigenvalue weighted by molar-refractivity contribution is 0.0698. The highest BCUT2D eigenvalue weighted by Gasteiger charge is 2.20. The van der Waals surface area contributed by atoms with E-state index in [9.17, 15) is 19.8 Å². The third kappa shape index (κ3) is 5.15. The summed E-state index contributed by atoms with van der Waals surface area (Å²) in [5.41, 5.74) is 2.25. The average molecular weight is 479 g/mol. The van der Waals surface area contributed by atoms with Gasteiger partial charge < -0.3 is 34.6 Å². The largest absolute Gasteiger partial charge is 0.507 e. The van der Waals surface area contributed by atoms with Gasteiger partial charge in [-0.2, -0.15) is 0 Å². The molecule has 0 saturated carbocycles. The van der Waals surface area contributed by atoms with Crippen LogP contribution in [0.3, 0.4) is 0 Å². The number of amides is 1. The summed E-state index contributed by atoms with van der Waals surface area (Å²) in [5, 5.41) is 22.7. The highest BCUT2D eigenvalue weighted by atomic mass is 16.5. The van der Waals surface area contributed by atoms with Crippen molar-refractivity contribution in [2.45, 2.75) is 0 Å². The lowest BCUT2D eigenvalue weighted by Crippen LogP contribution is -2.36. The number of carbonyl (C=O) groups is 2. The van der Waals surface area contributed by atoms with Gasteiger partial charge in [0.25, 0.3) is 5.91 Å². The van der Waals surface area contributed by atoms with Gasteiger partial charge in [-0.15, -0.1) is 0 Å². The third-order valence-electron chi connectivity index (χ3n) is 5.82. The molecule has 9 heteroatoms. The van der Waals surface area contributed by atoms with Crippen LogP contribution >= 0.6 is 0 Å². The number of aromatic carboxylic acids is 1. The topological polar surface area (TPSA) is 118 Å². The van der Waals surface area contributed by atoms with Crippen LogP contribution in [0.2, 0.25) is 0 Å². The van der Waals surface area contributed by atoms with E-state index in [1.807, 2.05) is 0 Å². The van der Waals surface area contributed by atoms with Crippen molar-refractivity contribution in [3.8, 4) is 28.4 Å². The molecule has 0 unspecified atom stereocenters. The second-order valence-electron chi connectivity index (χ2n) is 7.89. The van der Waals surface area contributed by atoms with E-state index in [0.717, 1.165) is 11.3 Å². The van der Waals surface area contributed by atoms with Crippen LogP contribution in [-0.2, 0) is 4.74 Å². The van der Waals surface area contributed by atoms with Crippen LogP contribution in [0.5, 0.6) is 17.2 Å². The van der Waals surface area contributed by atoms with E-state index >= 15 is 0 Å². The summed E-state index contributed by atoms with van der Waals surface area (Å²) in [6.45, 7) is 2.49. The van der Waals surface area contributed by atoms with Gasteiger partial charge in [-0.1, -0.05) is 12.1 Å². The maximum atomic E-state index is 13.1. The zero-order valence-corrected chi connectivity index (χ0v) is 19.4. The van der Waals surface area contributed by atoms with Crippen molar-refractivity contribution in [1.29, 1.82) is 0 Å². The molecule has 0 atom stereocenters. The van der Waals surface area contributed by atoms with Crippen LogP contribution in [0, 0.1) is 0 Å². The van der Waals surface area contributed by atoms with Crippen LogP contribution in [0.25, 0.3) is 11.1 Å². The van der Waals surface area contributed by atoms with Gasteiger partial charge in [0.15, 0.2) is 11.5 Å². The van der Waals surface area contributed by atoms with Gasteiger partial charge in [0, 0.05) is 18.8 Å². The molecular formula is C26H26N2O7. The molecule has 1 aliphatic heterocycles. The Kier molecular flexibility index (Phi) is 7.07. The first-order valence-electron chi connectivity index (χ1n) is 11.0. The SMILES string of the molecule is COc1ccc(-c2ccc(C(=O)O)c(NC(=O)c3cc(N4CCOCC4)ccc3O)c2)cc1OC. The van der Waals surface area contributed by atoms with E-state index < -0.39 is 11.9 Å². The van der Waals surface area contributed by atoms with Crippen LogP contribution < -0.4 is 19.7 Å². The summed E-state index contributed by atoms with van der Waals surface area (Å²) in [7, 11) is 3.06. The molecule has 1 amide bonds. The highest BCUT2D eigenvalue weighted by Crippen LogP contribution is 2.34. The second-order valence-corrected chi connectivity index (χ2v) is 7.89. The number of nitrogens with one attached hydrogen (secondary N) is 1. The first-order chi connectivity index (χ1) is 16.9. The van der Waals surface area contributed by atoms with Gasteiger partial charge in [0.2, 0.25) is 0 Å². The number of ether oxygens (including phenoxy) is 3. The number of carboxylic acids is 1. The molecule has 1 saturated heterocycles. The minimum absolute atomic E-state index is 0.0434. The van der Waals surface area contributed by atoms with Gasteiger partial charge in [-0.05, 0) is 53.6 Å². The van der Waals surface area contributed by atoms with E-state index in [4.69, 9.17) is 14.2 Å². The van der Waals surface area contributed by atoms with Crippen LogP contribution in [0.4, 0.5) is 11.4 Å². The predicted molar refractivity (Wildman–Crippen MR) is 131 cm³/mol. The molecule has 0 bridgehead atoms. The number of nitrogens with zero attached hydrogens (tertiary/aromatic N) is 1. The van der Waals surface area contributed by atoms with Crippen molar-refractivity contribution in [3.63, 3.8) is 0 Å². The van der Waals surface area contributed by atoms with Crippen molar-refractivity contribution in [2.24, 2.45) is 0 Å². The Morgan fingerprint density at radius 2 is 1.57 bits per heavy atom. The first kappa shape index (κ1) is 23.9. The second kappa shape index (κ2) is 10.4. The lowest BCUT2D eigenvalue weighted by Gasteiger charge is -2.29. The minimum atomic E-state index is -1.19. The quantitative estimate of drug-likeness (QED) is 0.469. The Hall–Kier alpha value is -4.24. The Labute approximate surface area is 202 Å². The van der Waals surface area contributed by atoms with E-state index in [1.54, 1.807) is 42.5 Å². The molecule has 0 spiro atoms. The molecule has 0 aromatic heterocycles. The predicted octanol–water partition coefficient (Wildman–Crippen LogP) is 3.86. The normalized spacial score (nSPS) is 13.3. The standard InChI is InChI=1S/C26H26N2O7/c1-33-23-8-4-17(14-24(23)34-2)16-3-6-19(26(31)32)21(13-16)27-25(30)20-15-18(5-7-22(20)29)28-9-11-35-12-10-28/h3-8,13-15,29H,9-12H2,1-2H3,(H,27,30)(H,31,32).